The first-order valence-corrected chi connectivity index (χ1v) is 8.88. The van der Waals surface area contributed by atoms with Gasteiger partial charge in [-0.2, -0.15) is 0 Å². The van der Waals surface area contributed by atoms with Crippen molar-refractivity contribution in [3.8, 4) is 0 Å². The Kier molecular flexibility index (Phi) is 6.59. The average Bonchev–Trinajstić information content (AvgIpc) is 2.96. The number of benzene rings is 1. The van der Waals surface area contributed by atoms with E-state index in [0.717, 1.165) is 36.2 Å². The van der Waals surface area contributed by atoms with Crippen LogP contribution in [0.4, 0.5) is 0 Å². The smallest absolute Gasteiger partial charge is 0.191 e. The molecule has 0 saturated carbocycles. The standard InChI is InChI=1S/C18H26N4S/c1-13-5-7-16(8-6-13)14(2)11-21-18(19-4)20-10-9-17-12-23-15(3)22-17/h5-8,12,14H,9-11H2,1-4H3,(H2,19,20,21). The maximum absolute atomic E-state index is 4.47. The summed E-state index contributed by atoms with van der Waals surface area (Å²) in [5, 5.41) is 9.98. The van der Waals surface area contributed by atoms with E-state index in [9.17, 15) is 0 Å². The number of rotatable bonds is 6. The van der Waals surface area contributed by atoms with Crippen molar-refractivity contribution in [3.63, 3.8) is 0 Å². The van der Waals surface area contributed by atoms with E-state index in [1.165, 1.54) is 11.1 Å². The molecule has 0 amide bonds. The molecule has 0 saturated heterocycles. The summed E-state index contributed by atoms with van der Waals surface area (Å²) in [6.07, 6.45) is 0.915. The van der Waals surface area contributed by atoms with Crippen LogP contribution in [0.15, 0.2) is 34.6 Å². The number of hydrogen-bond acceptors (Lipinski definition) is 3. The van der Waals surface area contributed by atoms with Crippen molar-refractivity contribution < 1.29 is 0 Å². The molecule has 0 aliphatic carbocycles. The maximum Gasteiger partial charge on any atom is 0.191 e. The highest BCUT2D eigenvalue weighted by molar-refractivity contribution is 7.09. The molecule has 23 heavy (non-hydrogen) atoms. The van der Waals surface area contributed by atoms with Gasteiger partial charge in [-0.3, -0.25) is 4.99 Å². The molecule has 4 nitrogen and oxygen atoms in total. The minimum atomic E-state index is 0.440. The van der Waals surface area contributed by atoms with Crippen LogP contribution in [0.25, 0.3) is 0 Å². The zero-order chi connectivity index (χ0) is 16.7. The second-order valence-corrected chi connectivity index (χ2v) is 6.86. The maximum atomic E-state index is 4.47. The van der Waals surface area contributed by atoms with Gasteiger partial charge in [0, 0.05) is 31.9 Å². The van der Waals surface area contributed by atoms with E-state index in [1.54, 1.807) is 18.4 Å². The van der Waals surface area contributed by atoms with Gasteiger partial charge in [0.1, 0.15) is 0 Å². The minimum absolute atomic E-state index is 0.440. The van der Waals surface area contributed by atoms with Gasteiger partial charge >= 0.3 is 0 Å². The molecule has 0 aliphatic heterocycles. The molecule has 1 unspecified atom stereocenters. The molecule has 0 bridgehead atoms. The molecular formula is C18H26N4S. The highest BCUT2D eigenvalue weighted by atomic mass is 32.1. The van der Waals surface area contributed by atoms with Crippen LogP contribution in [0.1, 0.15) is 34.7 Å². The Hall–Kier alpha value is -1.88. The average molecular weight is 331 g/mol. The molecule has 1 atom stereocenters. The van der Waals surface area contributed by atoms with Gasteiger partial charge in [-0.05, 0) is 25.3 Å². The van der Waals surface area contributed by atoms with Crippen LogP contribution >= 0.6 is 11.3 Å². The number of aromatic nitrogens is 1. The summed E-state index contributed by atoms with van der Waals surface area (Å²) in [7, 11) is 1.80. The Morgan fingerprint density at radius 1 is 1.22 bits per heavy atom. The van der Waals surface area contributed by atoms with Gasteiger partial charge in [0.15, 0.2) is 5.96 Å². The van der Waals surface area contributed by atoms with Crippen LogP contribution in [0.2, 0.25) is 0 Å². The lowest BCUT2D eigenvalue weighted by molar-refractivity contribution is 0.696. The Morgan fingerprint density at radius 3 is 2.57 bits per heavy atom. The second-order valence-electron chi connectivity index (χ2n) is 5.80. The fourth-order valence-electron chi connectivity index (χ4n) is 2.32. The lowest BCUT2D eigenvalue weighted by atomic mass is 10.0. The third kappa shape index (κ3) is 5.67. The lowest BCUT2D eigenvalue weighted by Gasteiger charge is -2.16. The molecule has 5 heteroatoms. The van der Waals surface area contributed by atoms with Crippen molar-refractivity contribution in [2.45, 2.75) is 33.1 Å². The third-order valence-electron chi connectivity index (χ3n) is 3.79. The molecule has 0 aliphatic rings. The summed E-state index contributed by atoms with van der Waals surface area (Å²) in [4.78, 5) is 8.75. The Labute approximate surface area is 143 Å². The molecule has 2 N–H and O–H groups in total. The summed E-state index contributed by atoms with van der Waals surface area (Å²) in [6.45, 7) is 8.07. The van der Waals surface area contributed by atoms with E-state index in [4.69, 9.17) is 0 Å². The van der Waals surface area contributed by atoms with E-state index in [0.29, 0.717) is 5.92 Å². The Balaban J connectivity index is 1.75. The predicted molar refractivity (Wildman–Crippen MR) is 99.5 cm³/mol. The van der Waals surface area contributed by atoms with Crippen molar-refractivity contribution in [3.05, 3.63) is 51.5 Å². The molecule has 2 aromatic rings. The third-order valence-corrected chi connectivity index (χ3v) is 4.61. The van der Waals surface area contributed by atoms with E-state index < -0.39 is 0 Å². The first-order chi connectivity index (χ1) is 11.1. The van der Waals surface area contributed by atoms with Crippen LogP contribution in [0, 0.1) is 13.8 Å². The fourth-order valence-corrected chi connectivity index (χ4v) is 2.96. The largest absolute Gasteiger partial charge is 0.356 e. The molecule has 124 valence electrons. The molecule has 0 radical (unpaired) electrons. The first kappa shape index (κ1) is 17.5. The summed E-state index contributed by atoms with van der Waals surface area (Å²) >= 11 is 1.70. The van der Waals surface area contributed by atoms with Gasteiger partial charge in [-0.25, -0.2) is 4.98 Å². The van der Waals surface area contributed by atoms with Crippen molar-refractivity contribution in [1.29, 1.82) is 0 Å². The van der Waals surface area contributed by atoms with Crippen LogP contribution in [0.5, 0.6) is 0 Å². The number of nitrogens with one attached hydrogen (secondary N) is 2. The highest BCUT2D eigenvalue weighted by Gasteiger charge is 2.06. The van der Waals surface area contributed by atoms with Gasteiger partial charge < -0.3 is 10.6 Å². The molecule has 1 aromatic heterocycles. The molecule has 2 rings (SSSR count). The number of thiazole rings is 1. The second kappa shape index (κ2) is 8.67. The van der Waals surface area contributed by atoms with Crippen molar-refractivity contribution in [2.75, 3.05) is 20.1 Å². The van der Waals surface area contributed by atoms with E-state index >= 15 is 0 Å². The summed E-state index contributed by atoms with van der Waals surface area (Å²) in [5.41, 5.74) is 3.78. The lowest BCUT2D eigenvalue weighted by Crippen LogP contribution is -2.39. The van der Waals surface area contributed by atoms with E-state index in [1.807, 2.05) is 6.92 Å². The molecular weight excluding hydrogens is 304 g/mol. The Morgan fingerprint density at radius 2 is 1.96 bits per heavy atom. The molecule has 1 aromatic carbocycles. The van der Waals surface area contributed by atoms with Gasteiger partial charge in [0.05, 0.1) is 10.7 Å². The van der Waals surface area contributed by atoms with Gasteiger partial charge in [0.25, 0.3) is 0 Å². The zero-order valence-corrected chi connectivity index (χ0v) is 15.2. The zero-order valence-electron chi connectivity index (χ0n) is 14.4. The summed E-state index contributed by atoms with van der Waals surface area (Å²) < 4.78 is 0. The number of nitrogens with zero attached hydrogens (tertiary/aromatic N) is 2. The molecule has 1 heterocycles. The monoisotopic (exact) mass is 330 g/mol. The van der Waals surface area contributed by atoms with Crippen molar-refractivity contribution >= 4 is 17.3 Å². The van der Waals surface area contributed by atoms with Crippen molar-refractivity contribution in [2.24, 2.45) is 4.99 Å². The van der Waals surface area contributed by atoms with Gasteiger partial charge in [-0.15, -0.1) is 11.3 Å². The first-order valence-electron chi connectivity index (χ1n) is 8.00. The number of aryl methyl sites for hydroxylation is 2. The van der Waals surface area contributed by atoms with Crippen LogP contribution < -0.4 is 10.6 Å². The van der Waals surface area contributed by atoms with Crippen LogP contribution in [-0.2, 0) is 6.42 Å². The number of guanidine groups is 1. The van der Waals surface area contributed by atoms with Crippen LogP contribution in [-0.4, -0.2) is 31.1 Å². The quantitative estimate of drug-likeness (QED) is 0.631. The van der Waals surface area contributed by atoms with E-state index in [-0.39, 0.29) is 0 Å². The summed E-state index contributed by atoms with van der Waals surface area (Å²) in [6, 6.07) is 8.72. The van der Waals surface area contributed by atoms with Crippen LogP contribution in [0.3, 0.4) is 0 Å². The minimum Gasteiger partial charge on any atom is -0.356 e. The predicted octanol–water partition coefficient (Wildman–Crippen LogP) is 3.27. The summed E-state index contributed by atoms with van der Waals surface area (Å²) in [5.74, 6) is 1.28. The normalized spacial score (nSPS) is 13.0. The number of hydrogen-bond donors (Lipinski definition) is 2. The van der Waals surface area contributed by atoms with E-state index in [2.05, 4.69) is 64.1 Å². The SMILES string of the molecule is CN=C(NCCc1csc(C)n1)NCC(C)c1ccc(C)cc1. The van der Waals surface area contributed by atoms with Crippen molar-refractivity contribution in [1.82, 2.24) is 15.6 Å². The molecule has 0 fully saturated rings. The Bertz CT molecular complexity index is 631. The highest BCUT2D eigenvalue weighted by Crippen LogP contribution is 2.14. The van der Waals surface area contributed by atoms with Gasteiger partial charge in [-0.1, -0.05) is 36.8 Å². The molecule has 0 spiro atoms. The van der Waals surface area contributed by atoms with Gasteiger partial charge in [0.2, 0.25) is 0 Å². The fraction of sp³-hybridized carbons (Fsp3) is 0.444. The topological polar surface area (TPSA) is 49.3 Å². The number of aliphatic imine (C=N–C) groups is 1.